The third-order valence-electron chi connectivity index (χ3n) is 8.83. The predicted octanol–water partition coefficient (Wildman–Crippen LogP) is 5.87. The van der Waals surface area contributed by atoms with Gasteiger partial charge < -0.3 is 14.4 Å². The standard InChI is InChI=1S/C29H31F5N2O3/c30-23-5-1-18(2-6-23)19-8-11-35(12-9-19)24-7-10-28(39-16-24,21-3-4-21)27(37)36-15-20-13-22(29(32,33)34)14-25(31)26(20)38-17-36/h1-2,5-6,13-14,19,21,24H,3-4,7-12,15-17H2/t24-,28+/m1/s1. The van der Waals surface area contributed by atoms with Crippen LogP contribution in [0.5, 0.6) is 5.75 Å². The van der Waals surface area contributed by atoms with Gasteiger partial charge in [-0.25, -0.2) is 8.78 Å². The molecule has 0 aromatic heterocycles. The van der Waals surface area contributed by atoms with E-state index in [2.05, 4.69) is 4.90 Å². The minimum atomic E-state index is -4.70. The topological polar surface area (TPSA) is 42.0 Å². The third-order valence-corrected chi connectivity index (χ3v) is 8.83. The first kappa shape index (κ1) is 26.5. The highest BCUT2D eigenvalue weighted by Crippen LogP contribution is 2.49. The molecule has 3 fully saturated rings. The van der Waals surface area contributed by atoms with Crippen LogP contribution in [0.2, 0.25) is 0 Å². The lowest BCUT2D eigenvalue weighted by atomic mass is 9.84. The van der Waals surface area contributed by atoms with E-state index in [9.17, 15) is 26.7 Å². The van der Waals surface area contributed by atoms with Crippen molar-refractivity contribution in [3.8, 4) is 5.75 Å². The minimum absolute atomic E-state index is 0.00517. The fourth-order valence-corrected chi connectivity index (χ4v) is 6.50. The number of hydrogen-bond donors (Lipinski definition) is 0. The Hall–Kier alpha value is -2.72. The Morgan fingerprint density at radius 2 is 1.69 bits per heavy atom. The fraction of sp³-hybridized carbons (Fsp3) is 0.552. The van der Waals surface area contributed by atoms with Crippen molar-refractivity contribution in [3.05, 3.63) is 64.7 Å². The van der Waals surface area contributed by atoms with Crippen LogP contribution >= 0.6 is 0 Å². The molecule has 0 bridgehead atoms. The zero-order valence-corrected chi connectivity index (χ0v) is 21.5. The van der Waals surface area contributed by atoms with Crippen molar-refractivity contribution in [2.75, 3.05) is 26.4 Å². The number of fused-ring (bicyclic) bond motifs is 1. The van der Waals surface area contributed by atoms with Gasteiger partial charge in [-0.15, -0.1) is 0 Å². The van der Waals surface area contributed by atoms with E-state index in [-0.39, 0.29) is 48.3 Å². The monoisotopic (exact) mass is 550 g/mol. The van der Waals surface area contributed by atoms with Crippen molar-refractivity contribution in [1.82, 2.24) is 9.80 Å². The summed E-state index contributed by atoms with van der Waals surface area (Å²) in [5.41, 5.74) is -0.967. The molecule has 0 spiro atoms. The van der Waals surface area contributed by atoms with Gasteiger partial charge in [0.15, 0.2) is 18.3 Å². The highest BCUT2D eigenvalue weighted by molar-refractivity contribution is 5.86. The van der Waals surface area contributed by atoms with Crippen LogP contribution in [-0.4, -0.2) is 53.8 Å². The number of rotatable bonds is 4. The number of amides is 1. The quantitative estimate of drug-likeness (QED) is 0.447. The lowest BCUT2D eigenvalue weighted by Gasteiger charge is -2.46. The van der Waals surface area contributed by atoms with E-state index in [1.54, 1.807) is 0 Å². The largest absolute Gasteiger partial charge is 0.470 e. The average molecular weight is 551 g/mol. The van der Waals surface area contributed by atoms with Gasteiger partial charge in [0.2, 0.25) is 0 Å². The molecule has 2 saturated heterocycles. The zero-order chi connectivity index (χ0) is 27.4. The first-order valence-corrected chi connectivity index (χ1v) is 13.6. The van der Waals surface area contributed by atoms with Gasteiger partial charge >= 0.3 is 6.18 Å². The van der Waals surface area contributed by atoms with E-state index in [1.165, 1.54) is 17.0 Å². The van der Waals surface area contributed by atoms with E-state index in [0.29, 0.717) is 25.0 Å². The second-order valence-electron chi connectivity index (χ2n) is 11.2. The molecule has 210 valence electrons. The van der Waals surface area contributed by atoms with Gasteiger partial charge in [0, 0.05) is 11.6 Å². The summed E-state index contributed by atoms with van der Waals surface area (Å²) < 4.78 is 79.2. The van der Waals surface area contributed by atoms with Crippen LogP contribution in [0.3, 0.4) is 0 Å². The van der Waals surface area contributed by atoms with Gasteiger partial charge in [-0.3, -0.25) is 9.69 Å². The number of carbonyl (C=O) groups is 1. The zero-order valence-electron chi connectivity index (χ0n) is 21.5. The van der Waals surface area contributed by atoms with E-state index in [1.807, 2.05) is 12.1 Å². The van der Waals surface area contributed by atoms with Gasteiger partial charge in [-0.1, -0.05) is 12.1 Å². The second-order valence-corrected chi connectivity index (χ2v) is 11.2. The number of benzene rings is 2. The molecule has 1 saturated carbocycles. The third kappa shape index (κ3) is 5.13. The summed E-state index contributed by atoms with van der Waals surface area (Å²) in [5.74, 6) is -1.38. The van der Waals surface area contributed by atoms with Crippen molar-refractivity contribution >= 4 is 5.91 Å². The summed E-state index contributed by atoms with van der Waals surface area (Å²) in [6.07, 6.45) is 0.258. The molecule has 10 heteroatoms. The van der Waals surface area contributed by atoms with Crippen LogP contribution in [0.4, 0.5) is 22.0 Å². The molecule has 2 aromatic rings. The number of piperidine rings is 1. The van der Waals surface area contributed by atoms with Crippen LogP contribution in [0.1, 0.15) is 61.1 Å². The summed E-state index contributed by atoms with van der Waals surface area (Å²) in [6.45, 7) is 1.80. The Balaban J connectivity index is 1.10. The van der Waals surface area contributed by atoms with Crippen LogP contribution in [0.25, 0.3) is 0 Å². The fourth-order valence-electron chi connectivity index (χ4n) is 6.50. The summed E-state index contributed by atoms with van der Waals surface area (Å²) in [5, 5.41) is 0. The molecule has 1 amide bonds. The molecule has 5 nitrogen and oxygen atoms in total. The summed E-state index contributed by atoms with van der Waals surface area (Å²) >= 11 is 0. The first-order chi connectivity index (χ1) is 18.6. The van der Waals surface area contributed by atoms with Crippen LogP contribution in [-0.2, 0) is 22.3 Å². The molecule has 0 radical (unpaired) electrons. The molecule has 3 aliphatic heterocycles. The number of hydrogen-bond acceptors (Lipinski definition) is 4. The van der Waals surface area contributed by atoms with Crippen LogP contribution in [0, 0.1) is 17.6 Å². The van der Waals surface area contributed by atoms with Crippen LogP contribution in [0.15, 0.2) is 36.4 Å². The number of halogens is 5. The smallest absolute Gasteiger partial charge is 0.416 e. The maximum atomic E-state index is 14.3. The van der Waals surface area contributed by atoms with Crippen molar-refractivity contribution in [2.45, 2.75) is 68.8 Å². The molecule has 0 unspecified atom stereocenters. The van der Waals surface area contributed by atoms with Gasteiger partial charge in [0.25, 0.3) is 5.91 Å². The number of nitrogens with zero attached hydrogens (tertiary/aromatic N) is 2. The minimum Gasteiger partial charge on any atom is -0.470 e. The van der Waals surface area contributed by atoms with Crippen molar-refractivity contribution < 1.29 is 36.2 Å². The van der Waals surface area contributed by atoms with Gasteiger partial charge in [-0.05, 0) is 93.3 Å². The Morgan fingerprint density at radius 1 is 0.974 bits per heavy atom. The van der Waals surface area contributed by atoms with Crippen molar-refractivity contribution in [1.29, 1.82) is 0 Å². The molecule has 3 heterocycles. The van der Waals surface area contributed by atoms with E-state index < -0.39 is 23.2 Å². The Morgan fingerprint density at radius 3 is 2.31 bits per heavy atom. The van der Waals surface area contributed by atoms with E-state index >= 15 is 0 Å². The number of alkyl halides is 3. The number of ether oxygens (including phenoxy) is 2. The maximum Gasteiger partial charge on any atom is 0.416 e. The lowest BCUT2D eigenvalue weighted by Crippen LogP contribution is -2.59. The molecule has 6 rings (SSSR count). The molecular formula is C29H31F5N2O3. The van der Waals surface area contributed by atoms with E-state index in [4.69, 9.17) is 9.47 Å². The molecule has 39 heavy (non-hydrogen) atoms. The predicted molar refractivity (Wildman–Crippen MR) is 132 cm³/mol. The number of likely N-dealkylation sites (tertiary alicyclic amines) is 1. The second kappa shape index (κ2) is 10.0. The molecule has 4 aliphatic rings. The van der Waals surface area contributed by atoms with Gasteiger partial charge in [0.1, 0.15) is 11.4 Å². The molecule has 2 atom stereocenters. The summed E-state index contributed by atoms with van der Waals surface area (Å²) in [4.78, 5) is 17.6. The average Bonchev–Trinajstić information content (AvgIpc) is 3.79. The SMILES string of the molecule is O=C(N1COc2c(F)cc(C(F)(F)F)cc2C1)[C@@]1(C2CC2)CC[C@@H](N2CCC(c3ccc(F)cc3)CC2)CO1. The molecule has 1 aliphatic carbocycles. The van der Waals surface area contributed by atoms with Crippen LogP contribution < -0.4 is 4.74 Å². The van der Waals surface area contributed by atoms with Gasteiger partial charge in [0.05, 0.1) is 18.7 Å². The molecule has 2 aromatic carbocycles. The normalized spacial score (nSPS) is 26.7. The summed E-state index contributed by atoms with van der Waals surface area (Å²) in [6, 6.07) is 8.18. The summed E-state index contributed by atoms with van der Waals surface area (Å²) in [7, 11) is 0. The Labute approximate surface area is 223 Å². The highest BCUT2D eigenvalue weighted by Gasteiger charge is 2.56. The van der Waals surface area contributed by atoms with E-state index in [0.717, 1.165) is 56.8 Å². The molecular weight excluding hydrogens is 519 g/mol. The number of carbonyl (C=O) groups excluding carboxylic acids is 1. The van der Waals surface area contributed by atoms with Crippen molar-refractivity contribution in [2.24, 2.45) is 5.92 Å². The maximum absolute atomic E-state index is 14.3. The first-order valence-electron chi connectivity index (χ1n) is 13.6. The molecule has 0 N–H and O–H groups in total. The highest BCUT2D eigenvalue weighted by atomic mass is 19.4. The lowest BCUT2D eigenvalue weighted by molar-refractivity contribution is -0.180. The Bertz CT molecular complexity index is 1210. The Kier molecular flexibility index (Phi) is 6.82. The van der Waals surface area contributed by atoms with Crippen molar-refractivity contribution in [3.63, 3.8) is 0 Å². The van der Waals surface area contributed by atoms with Gasteiger partial charge in [-0.2, -0.15) is 13.2 Å².